The average Bonchev–Trinajstić information content (AvgIpc) is 3.26. The molecule has 6 nitrogen and oxygen atoms in total. The summed E-state index contributed by atoms with van der Waals surface area (Å²) in [7, 11) is 4.00. The number of hydrogen-bond acceptors (Lipinski definition) is 3. The second kappa shape index (κ2) is 9.65. The number of anilines is 1. The zero-order valence-electron chi connectivity index (χ0n) is 19.9. The van der Waals surface area contributed by atoms with Gasteiger partial charge in [0.1, 0.15) is 5.82 Å². The standard InChI is InChI=1S/C27H29FN4O2/c1-16-23(30-17(2)24(16)27(34)29-13-6-14-32(3)4)15-21-25-20(18-9-11-19(28)12-10-18)7-5-8-22(25)31-26(21)33/h5,7-12,15,30H,6,13-14H2,1-4H3,(H,29,34)(H,31,33). The van der Waals surface area contributed by atoms with Gasteiger partial charge in [-0.25, -0.2) is 4.39 Å². The molecule has 1 aliphatic rings. The van der Waals surface area contributed by atoms with Crippen molar-refractivity contribution < 1.29 is 14.0 Å². The van der Waals surface area contributed by atoms with Crippen LogP contribution in [0.25, 0.3) is 22.8 Å². The molecule has 2 aromatic carbocycles. The molecule has 3 N–H and O–H groups in total. The molecule has 3 aromatic rings. The maximum Gasteiger partial charge on any atom is 0.256 e. The lowest BCUT2D eigenvalue weighted by atomic mass is 9.94. The van der Waals surface area contributed by atoms with E-state index in [1.54, 1.807) is 18.2 Å². The van der Waals surface area contributed by atoms with E-state index in [2.05, 4.69) is 20.5 Å². The fraction of sp³-hybridized carbons (Fsp3) is 0.259. The molecular weight excluding hydrogens is 431 g/mol. The van der Waals surface area contributed by atoms with Crippen molar-refractivity contribution in [1.29, 1.82) is 0 Å². The number of aromatic nitrogens is 1. The molecular formula is C27H29FN4O2. The van der Waals surface area contributed by atoms with Crippen LogP contribution in [0.15, 0.2) is 42.5 Å². The molecule has 34 heavy (non-hydrogen) atoms. The monoisotopic (exact) mass is 460 g/mol. The summed E-state index contributed by atoms with van der Waals surface area (Å²) >= 11 is 0. The Labute approximate surface area is 198 Å². The van der Waals surface area contributed by atoms with Crippen molar-refractivity contribution in [2.24, 2.45) is 0 Å². The van der Waals surface area contributed by atoms with Gasteiger partial charge in [0.15, 0.2) is 0 Å². The number of H-pyrrole nitrogens is 1. The Kier molecular flexibility index (Phi) is 6.65. The second-order valence-corrected chi connectivity index (χ2v) is 8.82. The van der Waals surface area contributed by atoms with Gasteiger partial charge in [-0.1, -0.05) is 24.3 Å². The Morgan fingerprint density at radius 1 is 1.12 bits per heavy atom. The number of carbonyl (C=O) groups is 2. The van der Waals surface area contributed by atoms with Crippen molar-refractivity contribution in [3.8, 4) is 11.1 Å². The van der Waals surface area contributed by atoms with E-state index in [0.29, 0.717) is 29.1 Å². The molecule has 7 heteroatoms. The Morgan fingerprint density at radius 3 is 2.56 bits per heavy atom. The number of fused-ring (bicyclic) bond motifs is 1. The summed E-state index contributed by atoms with van der Waals surface area (Å²) in [6, 6.07) is 11.8. The van der Waals surface area contributed by atoms with Crippen LogP contribution in [0.5, 0.6) is 0 Å². The molecule has 0 saturated heterocycles. The van der Waals surface area contributed by atoms with Crippen molar-refractivity contribution in [1.82, 2.24) is 15.2 Å². The lowest BCUT2D eigenvalue weighted by Crippen LogP contribution is -2.27. The molecule has 0 fully saturated rings. The molecule has 1 aromatic heterocycles. The fourth-order valence-corrected chi connectivity index (χ4v) is 4.35. The number of hydrogen-bond donors (Lipinski definition) is 3. The third-order valence-corrected chi connectivity index (χ3v) is 6.04. The zero-order valence-corrected chi connectivity index (χ0v) is 19.9. The molecule has 0 saturated carbocycles. The third-order valence-electron chi connectivity index (χ3n) is 6.04. The number of nitrogens with one attached hydrogen (secondary N) is 3. The number of rotatable bonds is 7. The van der Waals surface area contributed by atoms with E-state index in [4.69, 9.17) is 0 Å². The smallest absolute Gasteiger partial charge is 0.256 e. The number of aromatic amines is 1. The normalized spacial score (nSPS) is 13.9. The van der Waals surface area contributed by atoms with Crippen LogP contribution >= 0.6 is 0 Å². The number of benzene rings is 2. The van der Waals surface area contributed by atoms with E-state index in [1.165, 1.54) is 12.1 Å². The molecule has 4 rings (SSSR count). The van der Waals surface area contributed by atoms with E-state index < -0.39 is 0 Å². The minimum absolute atomic E-state index is 0.127. The summed E-state index contributed by atoms with van der Waals surface area (Å²) in [6.07, 6.45) is 2.65. The maximum atomic E-state index is 13.5. The van der Waals surface area contributed by atoms with Crippen LogP contribution in [0.4, 0.5) is 10.1 Å². The van der Waals surface area contributed by atoms with E-state index in [9.17, 15) is 14.0 Å². The highest BCUT2D eigenvalue weighted by Crippen LogP contribution is 2.40. The van der Waals surface area contributed by atoms with E-state index in [0.717, 1.165) is 40.9 Å². The Balaban J connectivity index is 1.68. The van der Waals surface area contributed by atoms with Crippen LogP contribution in [0.2, 0.25) is 0 Å². The minimum atomic E-state index is -0.314. The Morgan fingerprint density at radius 2 is 1.85 bits per heavy atom. The average molecular weight is 461 g/mol. The quantitative estimate of drug-likeness (QED) is 0.356. The first kappa shape index (κ1) is 23.4. The highest BCUT2D eigenvalue weighted by atomic mass is 19.1. The molecule has 0 radical (unpaired) electrons. The summed E-state index contributed by atoms with van der Waals surface area (Å²) < 4.78 is 13.5. The zero-order chi connectivity index (χ0) is 24.4. The molecule has 0 spiro atoms. The Bertz CT molecular complexity index is 1270. The topological polar surface area (TPSA) is 77.2 Å². The lowest BCUT2D eigenvalue weighted by Gasteiger charge is -2.10. The van der Waals surface area contributed by atoms with Crippen LogP contribution in [0.1, 0.15) is 39.3 Å². The van der Waals surface area contributed by atoms with Crippen LogP contribution in [-0.2, 0) is 4.79 Å². The van der Waals surface area contributed by atoms with Gasteiger partial charge in [-0.3, -0.25) is 9.59 Å². The van der Waals surface area contributed by atoms with Gasteiger partial charge in [-0.05, 0) is 81.9 Å². The van der Waals surface area contributed by atoms with Gasteiger partial charge >= 0.3 is 0 Å². The SMILES string of the molecule is Cc1[nH]c(C=C2C(=O)Nc3cccc(-c4ccc(F)cc4)c32)c(C)c1C(=O)NCCCN(C)C. The number of aryl methyl sites for hydroxylation is 1. The molecule has 0 bridgehead atoms. The first-order valence-electron chi connectivity index (χ1n) is 11.3. The van der Waals surface area contributed by atoms with Gasteiger partial charge in [0, 0.05) is 29.2 Å². The molecule has 2 amide bonds. The van der Waals surface area contributed by atoms with Gasteiger partial charge in [0.2, 0.25) is 0 Å². The van der Waals surface area contributed by atoms with E-state index in [-0.39, 0.29) is 17.6 Å². The van der Waals surface area contributed by atoms with E-state index >= 15 is 0 Å². The molecule has 2 heterocycles. The van der Waals surface area contributed by atoms with Crippen LogP contribution < -0.4 is 10.6 Å². The van der Waals surface area contributed by atoms with Gasteiger partial charge in [0.05, 0.1) is 11.1 Å². The maximum absolute atomic E-state index is 13.5. The highest BCUT2D eigenvalue weighted by molar-refractivity contribution is 6.36. The van der Waals surface area contributed by atoms with Gasteiger partial charge in [0.25, 0.3) is 11.8 Å². The van der Waals surface area contributed by atoms with Crippen LogP contribution in [-0.4, -0.2) is 48.9 Å². The first-order valence-corrected chi connectivity index (χ1v) is 11.3. The summed E-state index contributed by atoms with van der Waals surface area (Å²) in [6.45, 7) is 5.22. The Hall–Kier alpha value is -3.71. The minimum Gasteiger partial charge on any atom is -0.358 e. The van der Waals surface area contributed by atoms with Crippen molar-refractivity contribution in [3.05, 3.63) is 76.4 Å². The highest BCUT2D eigenvalue weighted by Gasteiger charge is 2.28. The predicted octanol–water partition coefficient (Wildman–Crippen LogP) is 4.61. The summed E-state index contributed by atoms with van der Waals surface area (Å²) in [5, 5.41) is 5.90. The van der Waals surface area contributed by atoms with Crippen molar-refractivity contribution in [2.75, 3.05) is 32.5 Å². The third kappa shape index (κ3) is 4.65. The molecule has 0 unspecified atom stereocenters. The van der Waals surface area contributed by atoms with Gasteiger partial charge < -0.3 is 20.5 Å². The fourth-order valence-electron chi connectivity index (χ4n) is 4.35. The lowest BCUT2D eigenvalue weighted by molar-refractivity contribution is -0.110. The molecule has 1 aliphatic heterocycles. The molecule has 0 aliphatic carbocycles. The second-order valence-electron chi connectivity index (χ2n) is 8.82. The molecule has 176 valence electrons. The largest absolute Gasteiger partial charge is 0.358 e. The summed E-state index contributed by atoms with van der Waals surface area (Å²) in [5.41, 5.74) is 6.47. The number of carbonyl (C=O) groups excluding carboxylic acids is 2. The number of halogens is 1. The number of nitrogens with zero attached hydrogens (tertiary/aromatic N) is 1. The van der Waals surface area contributed by atoms with Gasteiger partial charge in [-0.2, -0.15) is 0 Å². The summed E-state index contributed by atoms with van der Waals surface area (Å²) in [5.74, 6) is -0.657. The van der Waals surface area contributed by atoms with Crippen LogP contribution in [0.3, 0.4) is 0 Å². The predicted molar refractivity (Wildman–Crippen MR) is 134 cm³/mol. The van der Waals surface area contributed by atoms with Crippen LogP contribution in [0, 0.1) is 19.7 Å². The molecule has 0 atom stereocenters. The van der Waals surface area contributed by atoms with Crippen molar-refractivity contribution >= 4 is 29.2 Å². The van der Waals surface area contributed by atoms with Gasteiger partial charge in [-0.15, -0.1) is 0 Å². The van der Waals surface area contributed by atoms with Crippen molar-refractivity contribution in [2.45, 2.75) is 20.3 Å². The summed E-state index contributed by atoms with van der Waals surface area (Å²) in [4.78, 5) is 31.1. The number of amides is 2. The van der Waals surface area contributed by atoms with Crippen molar-refractivity contribution in [3.63, 3.8) is 0 Å². The first-order chi connectivity index (χ1) is 16.3. The van der Waals surface area contributed by atoms with E-state index in [1.807, 2.05) is 46.1 Å².